The quantitative estimate of drug-likeness (QED) is 0.884. The molecular weight excluding hydrogens is 263 g/mol. The first-order valence-corrected chi connectivity index (χ1v) is 5.28. The predicted molar refractivity (Wildman–Crippen MR) is 60.9 cm³/mol. The average Bonchev–Trinajstić information content (AvgIpc) is 2.15. The van der Waals surface area contributed by atoms with Crippen LogP contribution >= 0.6 is 15.9 Å². The number of rotatable bonds is 4. The Hall–Kier alpha value is -1.10. The number of carbonyl (C=O) groups is 1. The highest BCUT2D eigenvalue weighted by Crippen LogP contribution is 2.19. The van der Waals surface area contributed by atoms with Crippen LogP contribution in [0.4, 0.5) is 10.1 Å². The van der Waals surface area contributed by atoms with Crippen LogP contribution < -0.4 is 11.1 Å². The summed E-state index contributed by atoms with van der Waals surface area (Å²) in [5, 5.41) is 2.82. The number of nitrogens with one attached hydrogen (secondary N) is 1. The minimum Gasteiger partial charge on any atom is -0.382 e. The molecular formula is C10H12BrFN2O. The van der Waals surface area contributed by atoms with Crippen LogP contribution in [0.5, 0.6) is 0 Å². The highest BCUT2D eigenvalue weighted by Gasteiger charge is 2.09. The zero-order valence-electron chi connectivity index (χ0n) is 8.26. The molecule has 0 saturated carbocycles. The molecule has 15 heavy (non-hydrogen) atoms. The number of benzene rings is 1. The van der Waals surface area contributed by atoms with Crippen molar-refractivity contribution in [2.24, 2.45) is 11.7 Å². The summed E-state index contributed by atoms with van der Waals surface area (Å²) in [5.74, 6) is -1.09. The van der Waals surface area contributed by atoms with Gasteiger partial charge in [-0.3, -0.25) is 4.79 Å². The van der Waals surface area contributed by atoms with Crippen LogP contribution in [-0.4, -0.2) is 12.5 Å². The Balaban J connectivity index is 2.62. The highest BCUT2D eigenvalue weighted by molar-refractivity contribution is 9.10. The van der Waals surface area contributed by atoms with Crippen molar-refractivity contribution in [3.63, 3.8) is 0 Å². The van der Waals surface area contributed by atoms with E-state index in [4.69, 9.17) is 5.73 Å². The maximum Gasteiger partial charge on any atom is 0.222 e. The number of anilines is 1. The molecule has 0 aliphatic carbocycles. The van der Waals surface area contributed by atoms with Crippen LogP contribution in [0.1, 0.15) is 6.92 Å². The van der Waals surface area contributed by atoms with E-state index in [0.717, 1.165) is 0 Å². The van der Waals surface area contributed by atoms with Crippen molar-refractivity contribution >= 4 is 27.5 Å². The molecule has 0 saturated heterocycles. The van der Waals surface area contributed by atoms with Crippen LogP contribution in [-0.2, 0) is 4.79 Å². The molecule has 0 bridgehead atoms. The van der Waals surface area contributed by atoms with Crippen molar-refractivity contribution in [3.8, 4) is 0 Å². The van der Waals surface area contributed by atoms with Crippen molar-refractivity contribution in [1.82, 2.24) is 0 Å². The van der Waals surface area contributed by atoms with E-state index in [-0.39, 0.29) is 11.7 Å². The molecule has 0 spiro atoms. The molecule has 82 valence electrons. The molecule has 3 N–H and O–H groups in total. The molecule has 1 unspecified atom stereocenters. The van der Waals surface area contributed by atoms with E-state index in [1.807, 2.05) is 0 Å². The van der Waals surface area contributed by atoms with Crippen molar-refractivity contribution in [1.29, 1.82) is 0 Å². The third-order valence-corrected chi connectivity index (χ3v) is 2.51. The van der Waals surface area contributed by atoms with Gasteiger partial charge in [-0.05, 0) is 18.2 Å². The summed E-state index contributed by atoms with van der Waals surface area (Å²) in [6, 6.07) is 4.69. The Morgan fingerprint density at radius 1 is 1.67 bits per heavy atom. The van der Waals surface area contributed by atoms with Gasteiger partial charge in [0.05, 0.1) is 11.6 Å². The molecule has 0 heterocycles. The standard InChI is InChI=1S/C10H12BrFN2O/c1-6(10(13)15)5-14-9-3-2-7(11)4-8(9)12/h2-4,6,14H,5H2,1H3,(H2,13,15). The third-order valence-electron chi connectivity index (χ3n) is 2.02. The first kappa shape index (κ1) is 12.0. The van der Waals surface area contributed by atoms with Crippen LogP contribution in [0.15, 0.2) is 22.7 Å². The molecule has 3 nitrogen and oxygen atoms in total. The fraction of sp³-hybridized carbons (Fsp3) is 0.300. The van der Waals surface area contributed by atoms with Crippen molar-refractivity contribution in [2.75, 3.05) is 11.9 Å². The SMILES string of the molecule is CC(CNc1ccc(Br)cc1F)C(N)=O. The summed E-state index contributed by atoms with van der Waals surface area (Å²) in [4.78, 5) is 10.7. The van der Waals surface area contributed by atoms with Gasteiger partial charge >= 0.3 is 0 Å². The highest BCUT2D eigenvalue weighted by atomic mass is 79.9. The van der Waals surface area contributed by atoms with Gasteiger partial charge in [-0.2, -0.15) is 0 Å². The Morgan fingerprint density at radius 3 is 2.87 bits per heavy atom. The topological polar surface area (TPSA) is 55.1 Å². The smallest absolute Gasteiger partial charge is 0.222 e. The Labute approximate surface area is 96.0 Å². The minimum atomic E-state index is -0.403. The first-order valence-electron chi connectivity index (χ1n) is 4.49. The van der Waals surface area contributed by atoms with E-state index in [9.17, 15) is 9.18 Å². The number of hydrogen-bond acceptors (Lipinski definition) is 2. The fourth-order valence-electron chi connectivity index (χ4n) is 0.996. The second-order valence-corrected chi connectivity index (χ2v) is 4.22. The van der Waals surface area contributed by atoms with Gasteiger partial charge in [-0.1, -0.05) is 22.9 Å². The lowest BCUT2D eigenvalue weighted by atomic mass is 10.1. The normalized spacial score (nSPS) is 12.2. The van der Waals surface area contributed by atoms with Crippen LogP contribution in [0.25, 0.3) is 0 Å². The minimum absolute atomic E-state index is 0.326. The lowest BCUT2D eigenvalue weighted by Gasteiger charge is -2.11. The molecule has 0 aromatic heterocycles. The summed E-state index contributed by atoms with van der Waals surface area (Å²) in [6.07, 6.45) is 0. The predicted octanol–water partition coefficient (Wildman–Crippen LogP) is 2.12. The summed E-state index contributed by atoms with van der Waals surface area (Å²) in [6.45, 7) is 2.01. The zero-order chi connectivity index (χ0) is 11.4. The monoisotopic (exact) mass is 274 g/mol. The number of primary amides is 1. The van der Waals surface area contributed by atoms with Crippen LogP contribution in [0.3, 0.4) is 0 Å². The molecule has 0 aliphatic rings. The number of halogens is 2. The molecule has 1 aromatic carbocycles. The number of nitrogens with two attached hydrogens (primary N) is 1. The van der Waals surface area contributed by atoms with Gasteiger partial charge in [0.2, 0.25) is 5.91 Å². The average molecular weight is 275 g/mol. The maximum atomic E-state index is 13.3. The van der Waals surface area contributed by atoms with Crippen LogP contribution in [0, 0.1) is 11.7 Å². The zero-order valence-corrected chi connectivity index (χ0v) is 9.84. The van der Waals surface area contributed by atoms with E-state index in [2.05, 4.69) is 21.2 Å². The Morgan fingerprint density at radius 2 is 2.33 bits per heavy atom. The van der Waals surface area contributed by atoms with E-state index in [1.165, 1.54) is 6.07 Å². The van der Waals surface area contributed by atoms with E-state index < -0.39 is 5.91 Å². The summed E-state index contributed by atoms with van der Waals surface area (Å²) in [7, 11) is 0. The second kappa shape index (κ2) is 5.11. The second-order valence-electron chi connectivity index (χ2n) is 3.31. The number of amides is 1. The van der Waals surface area contributed by atoms with Crippen molar-refractivity contribution < 1.29 is 9.18 Å². The van der Waals surface area contributed by atoms with Gasteiger partial charge in [0.1, 0.15) is 5.82 Å². The van der Waals surface area contributed by atoms with Gasteiger partial charge in [0, 0.05) is 11.0 Å². The summed E-state index contributed by atoms with van der Waals surface area (Å²) in [5.41, 5.74) is 5.45. The van der Waals surface area contributed by atoms with Gasteiger partial charge in [0.25, 0.3) is 0 Å². The number of hydrogen-bond donors (Lipinski definition) is 2. The Bertz CT molecular complexity index is 370. The largest absolute Gasteiger partial charge is 0.382 e. The first-order chi connectivity index (χ1) is 7.00. The molecule has 1 amide bonds. The fourth-order valence-corrected chi connectivity index (χ4v) is 1.33. The van der Waals surface area contributed by atoms with Crippen molar-refractivity contribution in [2.45, 2.75) is 6.92 Å². The van der Waals surface area contributed by atoms with Gasteiger partial charge < -0.3 is 11.1 Å². The molecule has 1 rings (SSSR count). The van der Waals surface area contributed by atoms with E-state index in [0.29, 0.717) is 16.7 Å². The molecule has 1 aromatic rings. The lowest BCUT2D eigenvalue weighted by Crippen LogP contribution is -2.26. The molecule has 1 atom stereocenters. The molecule has 0 aliphatic heterocycles. The van der Waals surface area contributed by atoms with E-state index in [1.54, 1.807) is 19.1 Å². The third kappa shape index (κ3) is 3.51. The molecule has 5 heteroatoms. The van der Waals surface area contributed by atoms with Gasteiger partial charge in [-0.15, -0.1) is 0 Å². The molecule has 0 fully saturated rings. The maximum absolute atomic E-state index is 13.3. The van der Waals surface area contributed by atoms with Gasteiger partial charge in [0.15, 0.2) is 0 Å². The summed E-state index contributed by atoms with van der Waals surface area (Å²) < 4.78 is 14.0. The van der Waals surface area contributed by atoms with Crippen LogP contribution in [0.2, 0.25) is 0 Å². The number of carbonyl (C=O) groups excluding carboxylic acids is 1. The van der Waals surface area contributed by atoms with E-state index >= 15 is 0 Å². The van der Waals surface area contributed by atoms with Crippen molar-refractivity contribution in [3.05, 3.63) is 28.5 Å². The van der Waals surface area contributed by atoms with Gasteiger partial charge in [-0.25, -0.2) is 4.39 Å². The summed E-state index contributed by atoms with van der Waals surface area (Å²) >= 11 is 3.16. The Kier molecular flexibility index (Phi) is 4.08. The molecule has 0 radical (unpaired) electrons. The lowest BCUT2D eigenvalue weighted by molar-refractivity contribution is -0.120.